The standard InChI is InChI=1S/C12H22O2/c1-7-8-10(2)12(5,6)14-11(3,4)9-13/h8-9H,7H2,1-6H3/b10-8+. The van der Waals surface area contributed by atoms with Gasteiger partial charge in [0.15, 0.2) is 6.29 Å². The van der Waals surface area contributed by atoms with Crippen molar-refractivity contribution >= 4 is 6.29 Å². The Hall–Kier alpha value is -0.630. The van der Waals surface area contributed by atoms with Crippen LogP contribution in [0.25, 0.3) is 0 Å². The third-order valence-corrected chi connectivity index (χ3v) is 2.26. The quantitative estimate of drug-likeness (QED) is 0.501. The molecule has 0 aliphatic heterocycles. The molecule has 0 saturated heterocycles. The maximum atomic E-state index is 10.7. The van der Waals surface area contributed by atoms with Gasteiger partial charge in [-0.1, -0.05) is 13.0 Å². The normalized spacial score (nSPS) is 14.3. The minimum atomic E-state index is -0.716. The highest BCUT2D eigenvalue weighted by atomic mass is 16.5. The molecule has 0 aliphatic carbocycles. The molecule has 0 N–H and O–H groups in total. The fourth-order valence-electron chi connectivity index (χ4n) is 1.31. The van der Waals surface area contributed by atoms with E-state index in [4.69, 9.17) is 4.74 Å². The summed E-state index contributed by atoms with van der Waals surface area (Å²) in [7, 11) is 0. The van der Waals surface area contributed by atoms with Crippen molar-refractivity contribution in [2.75, 3.05) is 0 Å². The number of carbonyl (C=O) groups is 1. The molecule has 2 nitrogen and oxygen atoms in total. The third-order valence-electron chi connectivity index (χ3n) is 2.26. The zero-order chi connectivity index (χ0) is 11.4. The minimum absolute atomic E-state index is 0.375. The van der Waals surface area contributed by atoms with Gasteiger partial charge in [0.2, 0.25) is 0 Å². The van der Waals surface area contributed by atoms with Crippen molar-refractivity contribution in [3.05, 3.63) is 11.6 Å². The predicted octanol–water partition coefficient (Wildman–Crippen LogP) is 3.12. The Balaban J connectivity index is 4.64. The zero-order valence-electron chi connectivity index (χ0n) is 10.2. The maximum Gasteiger partial charge on any atom is 0.151 e. The van der Waals surface area contributed by atoms with Gasteiger partial charge in [-0.15, -0.1) is 0 Å². The van der Waals surface area contributed by atoms with Crippen LogP contribution in [0.4, 0.5) is 0 Å². The van der Waals surface area contributed by atoms with Crippen molar-refractivity contribution in [1.82, 2.24) is 0 Å². The predicted molar refractivity (Wildman–Crippen MR) is 59.4 cm³/mol. The van der Waals surface area contributed by atoms with Gasteiger partial charge in [-0.2, -0.15) is 0 Å². The molecule has 0 saturated carbocycles. The molecule has 0 aromatic rings. The van der Waals surface area contributed by atoms with Crippen molar-refractivity contribution < 1.29 is 9.53 Å². The largest absolute Gasteiger partial charge is 0.358 e. The lowest BCUT2D eigenvalue weighted by atomic mass is 9.97. The Bertz CT molecular complexity index is 224. The van der Waals surface area contributed by atoms with Gasteiger partial charge in [0, 0.05) is 0 Å². The lowest BCUT2D eigenvalue weighted by molar-refractivity contribution is -0.141. The van der Waals surface area contributed by atoms with Crippen molar-refractivity contribution in [3.8, 4) is 0 Å². The summed E-state index contributed by atoms with van der Waals surface area (Å²) in [5.41, 5.74) is 0.0715. The zero-order valence-corrected chi connectivity index (χ0v) is 10.2. The fourth-order valence-corrected chi connectivity index (χ4v) is 1.31. The molecular weight excluding hydrogens is 176 g/mol. The smallest absolute Gasteiger partial charge is 0.151 e. The first-order chi connectivity index (χ1) is 6.25. The van der Waals surface area contributed by atoms with Gasteiger partial charge < -0.3 is 9.53 Å². The molecule has 0 aromatic heterocycles. The molecule has 0 heterocycles. The fraction of sp³-hybridized carbons (Fsp3) is 0.750. The summed E-state index contributed by atoms with van der Waals surface area (Å²) in [4.78, 5) is 10.7. The van der Waals surface area contributed by atoms with Crippen molar-refractivity contribution in [2.45, 2.75) is 59.2 Å². The van der Waals surface area contributed by atoms with Gasteiger partial charge in [0.1, 0.15) is 5.60 Å². The number of hydrogen-bond acceptors (Lipinski definition) is 2. The van der Waals surface area contributed by atoms with E-state index >= 15 is 0 Å². The van der Waals surface area contributed by atoms with Crippen LogP contribution in [-0.4, -0.2) is 17.5 Å². The van der Waals surface area contributed by atoms with Crippen molar-refractivity contribution in [1.29, 1.82) is 0 Å². The number of hydrogen-bond donors (Lipinski definition) is 0. The second-order valence-corrected chi connectivity index (χ2v) is 4.63. The van der Waals surface area contributed by atoms with Crippen LogP contribution in [0.3, 0.4) is 0 Å². The highest BCUT2D eigenvalue weighted by Crippen LogP contribution is 2.26. The van der Waals surface area contributed by atoms with Crippen LogP contribution in [0, 0.1) is 0 Å². The number of allylic oxidation sites excluding steroid dienone is 1. The van der Waals surface area contributed by atoms with Crippen LogP contribution in [0.15, 0.2) is 11.6 Å². The SMILES string of the molecule is CC/C=C(\C)C(C)(C)OC(C)(C)C=O. The van der Waals surface area contributed by atoms with E-state index in [1.807, 2.05) is 20.8 Å². The lowest BCUT2D eigenvalue weighted by Crippen LogP contribution is -2.38. The van der Waals surface area contributed by atoms with E-state index in [9.17, 15) is 4.79 Å². The molecule has 0 rings (SSSR count). The third kappa shape index (κ3) is 4.05. The Morgan fingerprint density at radius 1 is 1.29 bits per heavy atom. The summed E-state index contributed by atoms with van der Waals surface area (Å²) in [6.45, 7) is 11.6. The van der Waals surface area contributed by atoms with E-state index < -0.39 is 5.60 Å². The van der Waals surface area contributed by atoms with Gasteiger partial charge in [0.25, 0.3) is 0 Å². The minimum Gasteiger partial charge on any atom is -0.358 e. The van der Waals surface area contributed by atoms with Gasteiger partial charge in [0.05, 0.1) is 5.60 Å². The topological polar surface area (TPSA) is 26.3 Å². The van der Waals surface area contributed by atoms with Gasteiger partial charge in [-0.3, -0.25) is 0 Å². The molecule has 14 heavy (non-hydrogen) atoms. The molecule has 0 aliphatic rings. The summed E-state index contributed by atoms with van der Waals surface area (Å²) >= 11 is 0. The summed E-state index contributed by atoms with van der Waals surface area (Å²) in [6.07, 6.45) is 3.95. The summed E-state index contributed by atoms with van der Waals surface area (Å²) < 4.78 is 5.75. The molecule has 82 valence electrons. The number of rotatable bonds is 5. The van der Waals surface area contributed by atoms with Gasteiger partial charge in [-0.05, 0) is 46.6 Å². The average molecular weight is 198 g/mol. The highest BCUT2D eigenvalue weighted by Gasteiger charge is 2.29. The molecule has 0 spiro atoms. The molecule has 0 radical (unpaired) electrons. The number of carbonyl (C=O) groups excluding carboxylic acids is 1. The Morgan fingerprint density at radius 2 is 1.79 bits per heavy atom. The van der Waals surface area contributed by atoms with Gasteiger partial charge >= 0.3 is 0 Å². The average Bonchev–Trinajstić information content (AvgIpc) is 2.03. The monoisotopic (exact) mass is 198 g/mol. The Kier molecular flexibility index (Phi) is 4.53. The van der Waals surface area contributed by atoms with Crippen LogP contribution in [-0.2, 0) is 9.53 Å². The summed E-state index contributed by atoms with van der Waals surface area (Å²) in [6, 6.07) is 0. The molecule has 0 fully saturated rings. The Labute approximate surface area is 87.3 Å². The maximum absolute atomic E-state index is 10.7. The molecule has 0 atom stereocenters. The van der Waals surface area contributed by atoms with Crippen LogP contribution in [0.2, 0.25) is 0 Å². The van der Waals surface area contributed by atoms with Crippen LogP contribution < -0.4 is 0 Å². The molecule has 0 aromatic carbocycles. The van der Waals surface area contributed by atoms with Crippen molar-refractivity contribution in [2.24, 2.45) is 0 Å². The first kappa shape index (κ1) is 13.4. The Morgan fingerprint density at radius 3 is 2.14 bits per heavy atom. The van der Waals surface area contributed by atoms with Gasteiger partial charge in [-0.25, -0.2) is 0 Å². The number of aldehydes is 1. The molecule has 0 unspecified atom stereocenters. The van der Waals surface area contributed by atoms with Crippen molar-refractivity contribution in [3.63, 3.8) is 0 Å². The molecule has 0 amide bonds. The van der Waals surface area contributed by atoms with E-state index in [1.165, 1.54) is 0 Å². The van der Waals surface area contributed by atoms with Crippen LogP contribution in [0.1, 0.15) is 48.0 Å². The van der Waals surface area contributed by atoms with E-state index in [1.54, 1.807) is 13.8 Å². The molecule has 0 bridgehead atoms. The molecule has 2 heteroatoms. The van der Waals surface area contributed by atoms with E-state index in [0.29, 0.717) is 0 Å². The lowest BCUT2D eigenvalue weighted by Gasteiger charge is -2.33. The first-order valence-corrected chi connectivity index (χ1v) is 5.09. The second-order valence-electron chi connectivity index (χ2n) is 4.63. The van der Waals surface area contributed by atoms with E-state index in [-0.39, 0.29) is 5.60 Å². The molecular formula is C12H22O2. The van der Waals surface area contributed by atoms with Crippen LogP contribution >= 0.6 is 0 Å². The summed E-state index contributed by atoms with van der Waals surface area (Å²) in [5, 5.41) is 0. The second kappa shape index (κ2) is 4.74. The first-order valence-electron chi connectivity index (χ1n) is 5.09. The number of ether oxygens (including phenoxy) is 1. The van der Waals surface area contributed by atoms with E-state index in [0.717, 1.165) is 18.3 Å². The summed E-state index contributed by atoms with van der Waals surface area (Å²) in [5.74, 6) is 0. The highest BCUT2D eigenvalue weighted by molar-refractivity contribution is 5.61. The van der Waals surface area contributed by atoms with Crippen LogP contribution in [0.5, 0.6) is 0 Å². The van der Waals surface area contributed by atoms with E-state index in [2.05, 4.69) is 13.0 Å².